The summed E-state index contributed by atoms with van der Waals surface area (Å²) in [5, 5.41) is 0.492. The van der Waals surface area contributed by atoms with Crippen LogP contribution in [0.15, 0.2) is 59.2 Å². The van der Waals surface area contributed by atoms with Crippen LogP contribution in [0.5, 0.6) is 0 Å². The number of hydrogen-bond acceptors (Lipinski definition) is 6. The predicted octanol–water partition coefficient (Wildman–Crippen LogP) is 4.34. The Bertz CT molecular complexity index is 1340. The van der Waals surface area contributed by atoms with Crippen molar-refractivity contribution in [2.45, 2.75) is 20.4 Å². The Hall–Kier alpha value is -3.78. The summed E-state index contributed by atoms with van der Waals surface area (Å²) in [7, 11) is 0. The topological polar surface area (TPSA) is 83.7 Å². The van der Waals surface area contributed by atoms with Gasteiger partial charge in [0.05, 0.1) is 34.2 Å². The van der Waals surface area contributed by atoms with Crippen LogP contribution in [0.3, 0.4) is 0 Å². The first-order valence-electron chi connectivity index (χ1n) is 10.1. The molecule has 4 aromatic rings. The molecule has 0 fully saturated rings. The number of benzene rings is 2. The average Bonchev–Trinajstić information content (AvgIpc) is 3.48. The molecule has 1 aliphatic heterocycles. The first-order valence-corrected chi connectivity index (χ1v) is 10.9. The van der Waals surface area contributed by atoms with E-state index in [9.17, 15) is 14.4 Å². The molecular weight excluding hydrogens is 426 g/mol. The van der Waals surface area contributed by atoms with Gasteiger partial charge in [-0.05, 0) is 55.3 Å². The number of carbonyl (C=O) groups excluding carboxylic acids is 3. The zero-order valence-corrected chi connectivity index (χ0v) is 18.3. The van der Waals surface area contributed by atoms with Gasteiger partial charge in [0, 0.05) is 0 Å². The summed E-state index contributed by atoms with van der Waals surface area (Å²) < 4.78 is 6.42. The third kappa shape index (κ3) is 3.38. The van der Waals surface area contributed by atoms with Crippen molar-refractivity contribution in [3.63, 3.8) is 0 Å². The van der Waals surface area contributed by atoms with Gasteiger partial charge >= 0.3 is 0 Å². The highest BCUT2D eigenvalue weighted by atomic mass is 32.1. The number of nitrogens with zero attached hydrogens (tertiary/aromatic N) is 3. The minimum atomic E-state index is -0.465. The van der Waals surface area contributed by atoms with Gasteiger partial charge in [0.2, 0.25) is 5.91 Å². The molecule has 160 valence electrons. The van der Waals surface area contributed by atoms with E-state index >= 15 is 0 Å². The van der Waals surface area contributed by atoms with Crippen molar-refractivity contribution < 1.29 is 18.8 Å². The fraction of sp³-hybridized carbons (Fsp3) is 0.167. The molecule has 2 aromatic carbocycles. The molecule has 0 saturated heterocycles. The van der Waals surface area contributed by atoms with Crippen molar-refractivity contribution >= 4 is 44.4 Å². The number of imide groups is 1. The maximum atomic E-state index is 13.4. The Morgan fingerprint density at radius 2 is 1.78 bits per heavy atom. The maximum absolute atomic E-state index is 13.4. The van der Waals surface area contributed by atoms with E-state index in [0.29, 0.717) is 22.0 Å². The number of anilines is 1. The zero-order valence-electron chi connectivity index (χ0n) is 17.5. The summed E-state index contributed by atoms with van der Waals surface area (Å²) in [5.74, 6) is -0.766. The molecule has 7 nitrogen and oxygen atoms in total. The van der Waals surface area contributed by atoms with E-state index in [-0.39, 0.29) is 13.1 Å². The van der Waals surface area contributed by atoms with Gasteiger partial charge in [-0.25, -0.2) is 4.98 Å². The molecule has 8 heteroatoms. The summed E-state index contributed by atoms with van der Waals surface area (Å²) in [6, 6.07) is 14.2. The average molecular weight is 446 g/mol. The lowest BCUT2D eigenvalue weighted by Gasteiger charge is -2.21. The molecule has 0 saturated carbocycles. The van der Waals surface area contributed by atoms with Crippen LogP contribution in [0.25, 0.3) is 10.2 Å². The van der Waals surface area contributed by atoms with Gasteiger partial charge in [-0.15, -0.1) is 0 Å². The highest BCUT2D eigenvalue weighted by Crippen LogP contribution is 2.33. The van der Waals surface area contributed by atoms with Gasteiger partial charge < -0.3 is 4.42 Å². The summed E-state index contributed by atoms with van der Waals surface area (Å²) in [6.45, 7) is 3.77. The van der Waals surface area contributed by atoms with Crippen molar-refractivity contribution in [3.05, 3.63) is 82.8 Å². The van der Waals surface area contributed by atoms with Crippen LogP contribution >= 0.6 is 11.3 Å². The summed E-state index contributed by atoms with van der Waals surface area (Å²) >= 11 is 1.39. The number of hydrogen-bond donors (Lipinski definition) is 0. The molecule has 3 amide bonds. The molecule has 32 heavy (non-hydrogen) atoms. The van der Waals surface area contributed by atoms with Crippen molar-refractivity contribution in [3.8, 4) is 0 Å². The second-order valence-corrected chi connectivity index (χ2v) is 8.74. The molecule has 0 N–H and O–H groups in total. The molecule has 0 radical (unpaired) electrons. The molecule has 0 bridgehead atoms. The lowest BCUT2D eigenvalue weighted by atomic mass is 10.1. The third-order valence-electron chi connectivity index (χ3n) is 5.42. The van der Waals surface area contributed by atoms with E-state index in [1.54, 1.807) is 36.4 Å². The van der Waals surface area contributed by atoms with Gasteiger partial charge in [-0.3, -0.25) is 24.2 Å². The fourth-order valence-corrected chi connectivity index (χ4v) is 5.06. The van der Waals surface area contributed by atoms with E-state index in [4.69, 9.17) is 9.40 Å². The van der Waals surface area contributed by atoms with Gasteiger partial charge in [-0.2, -0.15) is 0 Å². The standard InChI is InChI=1S/C24H19N3O4S/c1-14-10-15(2)21-19(11-14)32-24(25-21)26(12-16-6-5-9-31-16)20(28)13-27-22(29)17-7-3-4-8-18(17)23(27)30/h3-11H,12-13H2,1-2H3. The second kappa shape index (κ2) is 7.72. The molecule has 0 aliphatic carbocycles. The lowest BCUT2D eigenvalue weighted by molar-refractivity contribution is -0.119. The van der Waals surface area contributed by atoms with E-state index in [2.05, 4.69) is 0 Å². The zero-order chi connectivity index (χ0) is 22.4. The largest absolute Gasteiger partial charge is 0.467 e. The number of rotatable bonds is 5. The molecule has 3 heterocycles. The first kappa shape index (κ1) is 20.1. The van der Waals surface area contributed by atoms with Crippen LogP contribution in [-0.2, 0) is 11.3 Å². The van der Waals surface area contributed by atoms with E-state index in [0.717, 1.165) is 26.2 Å². The normalized spacial score (nSPS) is 13.1. The first-order chi connectivity index (χ1) is 15.4. The van der Waals surface area contributed by atoms with Crippen LogP contribution in [0.1, 0.15) is 37.6 Å². The number of aromatic nitrogens is 1. The SMILES string of the molecule is Cc1cc(C)c2nc(N(Cc3ccco3)C(=O)CN3C(=O)c4ccccc4C3=O)sc2c1. The van der Waals surface area contributed by atoms with Crippen molar-refractivity contribution in [2.24, 2.45) is 0 Å². The van der Waals surface area contributed by atoms with Crippen molar-refractivity contribution in [1.29, 1.82) is 0 Å². The predicted molar refractivity (Wildman–Crippen MR) is 121 cm³/mol. The number of thiazole rings is 1. The molecule has 1 aliphatic rings. The lowest BCUT2D eigenvalue weighted by Crippen LogP contribution is -2.42. The Labute approximate surface area is 187 Å². The van der Waals surface area contributed by atoms with Crippen LogP contribution in [-0.4, -0.2) is 34.2 Å². The van der Waals surface area contributed by atoms with Crippen LogP contribution in [0, 0.1) is 13.8 Å². The van der Waals surface area contributed by atoms with E-state index in [1.165, 1.54) is 22.5 Å². The van der Waals surface area contributed by atoms with E-state index in [1.807, 2.05) is 26.0 Å². The Balaban J connectivity index is 1.49. The molecule has 0 spiro atoms. The number of aryl methyl sites for hydroxylation is 2. The van der Waals surface area contributed by atoms with Crippen LogP contribution in [0.4, 0.5) is 5.13 Å². The Kier molecular flexibility index (Phi) is 4.86. The summed E-state index contributed by atoms with van der Waals surface area (Å²) in [4.78, 5) is 46.1. The molecular formula is C24H19N3O4S. The van der Waals surface area contributed by atoms with Crippen molar-refractivity contribution in [2.75, 3.05) is 11.4 Å². The van der Waals surface area contributed by atoms with Crippen molar-refractivity contribution in [1.82, 2.24) is 9.88 Å². The van der Waals surface area contributed by atoms with E-state index < -0.39 is 17.7 Å². The second-order valence-electron chi connectivity index (χ2n) is 7.73. The van der Waals surface area contributed by atoms with Gasteiger partial charge in [0.25, 0.3) is 11.8 Å². The van der Waals surface area contributed by atoms with Crippen LogP contribution in [0.2, 0.25) is 0 Å². The minimum Gasteiger partial charge on any atom is -0.467 e. The number of fused-ring (bicyclic) bond motifs is 2. The number of furan rings is 1. The van der Waals surface area contributed by atoms with Crippen LogP contribution < -0.4 is 4.90 Å². The minimum absolute atomic E-state index is 0.146. The van der Waals surface area contributed by atoms with Gasteiger partial charge in [0.15, 0.2) is 5.13 Å². The highest BCUT2D eigenvalue weighted by molar-refractivity contribution is 7.22. The quantitative estimate of drug-likeness (QED) is 0.427. The third-order valence-corrected chi connectivity index (χ3v) is 6.44. The fourth-order valence-electron chi connectivity index (χ4n) is 3.90. The highest BCUT2D eigenvalue weighted by Gasteiger charge is 2.37. The Morgan fingerprint density at radius 3 is 2.44 bits per heavy atom. The van der Waals surface area contributed by atoms with Gasteiger partial charge in [0.1, 0.15) is 12.3 Å². The Morgan fingerprint density at radius 1 is 1.06 bits per heavy atom. The summed E-state index contributed by atoms with van der Waals surface area (Å²) in [5.41, 5.74) is 3.59. The smallest absolute Gasteiger partial charge is 0.262 e. The molecule has 2 aromatic heterocycles. The summed E-state index contributed by atoms with van der Waals surface area (Å²) in [6.07, 6.45) is 1.54. The maximum Gasteiger partial charge on any atom is 0.262 e. The molecule has 0 unspecified atom stereocenters. The number of carbonyl (C=O) groups is 3. The number of amides is 3. The van der Waals surface area contributed by atoms with Gasteiger partial charge in [-0.1, -0.05) is 29.5 Å². The monoisotopic (exact) mass is 445 g/mol. The molecule has 5 rings (SSSR count). The molecule has 0 atom stereocenters.